The first kappa shape index (κ1) is 16.5. The van der Waals surface area contributed by atoms with Crippen LogP contribution in [0.5, 0.6) is 5.75 Å². The Bertz CT molecular complexity index is 359. The Labute approximate surface area is 120 Å². The van der Waals surface area contributed by atoms with Crippen LogP contribution in [0.3, 0.4) is 0 Å². The third-order valence-corrected chi connectivity index (χ3v) is 2.63. The highest BCUT2D eigenvalue weighted by Crippen LogP contribution is 2.10. The van der Waals surface area contributed by atoms with E-state index in [0.717, 1.165) is 0 Å². The standard InChI is InChI=1S/C15H23NO4/c1-3-18-12-10-16(11-13-19-4-2)15(17)20-14-8-6-5-7-9-14/h5-9H,3-4,10-13H2,1-2H3. The molecule has 1 aromatic carbocycles. The molecule has 5 nitrogen and oxygen atoms in total. The van der Waals surface area contributed by atoms with Crippen LogP contribution in [0.2, 0.25) is 0 Å². The van der Waals surface area contributed by atoms with Crippen LogP contribution in [0, 0.1) is 0 Å². The smallest absolute Gasteiger partial charge is 0.410 e. The van der Waals surface area contributed by atoms with Crippen LogP contribution in [0.25, 0.3) is 0 Å². The molecule has 0 fully saturated rings. The van der Waals surface area contributed by atoms with Gasteiger partial charge in [0.2, 0.25) is 0 Å². The van der Waals surface area contributed by atoms with Gasteiger partial charge >= 0.3 is 6.09 Å². The molecule has 0 saturated heterocycles. The van der Waals surface area contributed by atoms with Crippen LogP contribution < -0.4 is 4.74 Å². The summed E-state index contributed by atoms with van der Waals surface area (Å²) in [6.45, 7) is 7.08. The van der Waals surface area contributed by atoms with Crippen molar-refractivity contribution in [2.24, 2.45) is 0 Å². The van der Waals surface area contributed by atoms with E-state index in [1.807, 2.05) is 32.0 Å². The van der Waals surface area contributed by atoms with Crippen molar-refractivity contribution in [2.75, 3.05) is 39.5 Å². The molecule has 0 bridgehead atoms. The van der Waals surface area contributed by atoms with Crippen LogP contribution in [0.15, 0.2) is 30.3 Å². The van der Waals surface area contributed by atoms with E-state index in [4.69, 9.17) is 14.2 Å². The maximum atomic E-state index is 12.1. The van der Waals surface area contributed by atoms with Gasteiger partial charge in [-0.15, -0.1) is 0 Å². The van der Waals surface area contributed by atoms with Crippen molar-refractivity contribution in [3.05, 3.63) is 30.3 Å². The van der Waals surface area contributed by atoms with Gasteiger partial charge in [-0.05, 0) is 26.0 Å². The van der Waals surface area contributed by atoms with Crippen LogP contribution in [-0.2, 0) is 9.47 Å². The molecular weight excluding hydrogens is 258 g/mol. The Morgan fingerprint density at radius 3 is 2.05 bits per heavy atom. The molecule has 0 N–H and O–H groups in total. The van der Waals surface area contributed by atoms with Crippen molar-refractivity contribution >= 4 is 6.09 Å². The monoisotopic (exact) mass is 281 g/mol. The molecule has 1 rings (SSSR count). The zero-order valence-corrected chi connectivity index (χ0v) is 12.2. The number of benzene rings is 1. The molecule has 0 aliphatic carbocycles. The second kappa shape index (κ2) is 10.2. The van der Waals surface area contributed by atoms with Gasteiger partial charge in [0.05, 0.1) is 13.2 Å². The summed E-state index contributed by atoms with van der Waals surface area (Å²) >= 11 is 0. The summed E-state index contributed by atoms with van der Waals surface area (Å²) in [5, 5.41) is 0. The lowest BCUT2D eigenvalue weighted by Crippen LogP contribution is -2.38. The molecule has 0 saturated carbocycles. The van der Waals surface area contributed by atoms with Gasteiger partial charge in [0.1, 0.15) is 5.75 Å². The van der Waals surface area contributed by atoms with Crippen molar-refractivity contribution in [1.29, 1.82) is 0 Å². The Balaban J connectivity index is 2.48. The highest BCUT2D eigenvalue weighted by Gasteiger charge is 2.15. The molecule has 5 heteroatoms. The average Bonchev–Trinajstić information content (AvgIpc) is 2.47. The van der Waals surface area contributed by atoms with E-state index in [1.54, 1.807) is 17.0 Å². The second-order valence-corrected chi connectivity index (χ2v) is 4.06. The van der Waals surface area contributed by atoms with Crippen molar-refractivity contribution in [3.63, 3.8) is 0 Å². The molecule has 0 aliphatic rings. The Morgan fingerprint density at radius 2 is 1.55 bits per heavy atom. The third kappa shape index (κ3) is 6.54. The molecule has 0 unspecified atom stereocenters. The van der Waals surface area contributed by atoms with Crippen LogP contribution in [-0.4, -0.2) is 50.5 Å². The molecule has 112 valence electrons. The van der Waals surface area contributed by atoms with Gasteiger partial charge in [0.15, 0.2) is 0 Å². The lowest BCUT2D eigenvalue weighted by atomic mass is 10.3. The fraction of sp³-hybridized carbons (Fsp3) is 0.533. The summed E-state index contributed by atoms with van der Waals surface area (Å²) in [5.74, 6) is 0.537. The van der Waals surface area contributed by atoms with E-state index < -0.39 is 0 Å². The lowest BCUT2D eigenvalue weighted by Gasteiger charge is -2.21. The van der Waals surface area contributed by atoms with Gasteiger partial charge in [-0.1, -0.05) is 18.2 Å². The van der Waals surface area contributed by atoms with E-state index in [-0.39, 0.29) is 6.09 Å². The minimum atomic E-state index is -0.379. The van der Waals surface area contributed by atoms with Gasteiger partial charge in [0, 0.05) is 26.3 Å². The molecule has 0 atom stereocenters. The minimum Gasteiger partial charge on any atom is -0.410 e. The maximum absolute atomic E-state index is 12.1. The summed E-state index contributed by atoms with van der Waals surface area (Å²) in [6, 6.07) is 9.03. The molecule has 20 heavy (non-hydrogen) atoms. The molecule has 1 aromatic rings. The molecule has 0 spiro atoms. The lowest BCUT2D eigenvalue weighted by molar-refractivity contribution is 0.0794. The van der Waals surface area contributed by atoms with Gasteiger partial charge < -0.3 is 19.1 Å². The fourth-order valence-electron chi connectivity index (χ4n) is 1.59. The van der Waals surface area contributed by atoms with E-state index in [0.29, 0.717) is 45.3 Å². The second-order valence-electron chi connectivity index (χ2n) is 4.06. The minimum absolute atomic E-state index is 0.379. The number of rotatable bonds is 9. The Kier molecular flexibility index (Phi) is 8.42. The summed E-state index contributed by atoms with van der Waals surface area (Å²) in [4.78, 5) is 13.7. The number of amides is 1. The molecule has 0 radical (unpaired) electrons. The first-order valence-corrected chi connectivity index (χ1v) is 6.95. The quantitative estimate of drug-likeness (QED) is 0.653. The largest absolute Gasteiger partial charge is 0.415 e. The summed E-state index contributed by atoms with van der Waals surface area (Å²) in [7, 11) is 0. The molecule has 1 amide bonds. The van der Waals surface area contributed by atoms with Crippen molar-refractivity contribution in [2.45, 2.75) is 13.8 Å². The van der Waals surface area contributed by atoms with Gasteiger partial charge in [0.25, 0.3) is 0 Å². The van der Waals surface area contributed by atoms with Crippen LogP contribution >= 0.6 is 0 Å². The first-order valence-electron chi connectivity index (χ1n) is 6.95. The summed E-state index contributed by atoms with van der Waals surface area (Å²) in [5.41, 5.74) is 0. The van der Waals surface area contributed by atoms with E-state index in [2.05, 4.69) is 0 Å². The first-order chi connectivity index (χ1) is 9.77. The van der Waals surface area contributed by atoms with Crippen molar-refractivity contribution < 1.29 is 19.0 Å². The molecule has 0 aliphatic heterocycles. The van der Waals surface area contributed by atoms with Crippen molar-refractivity contribution in [3.8, 4) is 5.75 Å². The normalized spacial score (nSPS) is 10.3. The summed E-state index contributed by atoms with van der Waals surface area (Å²) in [6.07, 6.45) is -0.379. The average molecular weight is 281 g/mol. The van der Waals surface area contributed by atoms with Crippen LogP contribution in [0.1, 0.15) is 13.8 Å². The fourth-order valence-corrected chi connectivity index (χ4v) is 1.59. The van der Waals surface area contributed by atoms with Crippen LogP contribution in [0.4, 0.5) is 4.79 Å². The number of ether oxygens (including phenoxy) is 3. The van der Waals surface area contributed by atoms with E-state index in [1.165, 1.54) is 0 Å². The van der Waals surface area contributed by atoms with Gasteiger partial charge in [-0.25, -0.2) is 4.79 Å². The number of nitrogens with zero attached hydrogens (tertiary/aromatic N) is 1. The maximum Gasteiger partial charge on any atom is 0.415 e. The third-order valence-electron chi connectivity index (χ3n) is 2.63. The zero-order valence-electron chi connectivity index (χ0n) is 12.2. The number of hydrogen-bond acceptors (Lipinski definition) is 4. The SMILES string of the molecule is CCOCCN(CCOCC)C(=O)Oc1ccccc1. The number of carbonyl (C=O) groups is 1. The van der Waals surface area contributed by atoms with Gasteiger partial charge in [-0.3, -0.25) is 0 Å². The number of hydrogen-bond donors (Lipinski definition) is 0. The number of para-hydroxylation sites is 1. The highest BCUT2D eigenvalue weighted by molar-refractivity contribution is 5.70. The Hall–Kier alpha value is -1.59. The summed E-state index contributed by atoms with van der Waals surface area (Å²) < 4.78 is 15.9. The predicted octanol–water partition coefficient (Wildman–Crippen LogP) is 2.56. The van der Waals surface area contributed by atoms with Gasteiger partial charge in [-0.2, -0.15) is 0 Å². The highest BCUT2D eigenvalue weighted by atomic mass is 16.6. The van der Waals surface area contributed by atoms with Crippen molar-refractivity contribution in [1.82, 2.24) is 4.90 Å². The molecular formula is C15H23NO4. The van der Waals surface area contributed by atoms with E-state index >= 15 is 0 Å². The Morgan fingerprint density at radius 1 is 1.00 bits per heavy atom. The molecule has 0 heterocycles. The topological polar surface area (TPSA) is 48.0 Å². The predicted molar refractivity (Wildman–Crippen MR) is 77.0 cm³/mol. The van der Waals surface area contributed by atoms with E-state index in [9.17, 15) is 4.79 Å². The molecule has 0 aromatic heterocycles. The zero-order chi connectivity index (χ0) is 14.6. The number of carbonyl (C=O) groups excluding carboxylic acids is 1.